The Bertz CT molecular complexity index is 1420. The van der Waals surface area contributed by atoms with Crippen LogP contribution < -0.4 is 27.0 Å². The Hall–Kier alpha value is -3.59. The fourth-order valence-corrected chi connectivity index (χ4v) is 7.77. The van der Waals surface area contributed by atoms with Crippen molar-refractivity contribution in [3.05, 3.63) is 35.9 Å². The van der Waals surface area contributed by atoms with Crippen molar-refractivity contribution in [2.24, 2.45) is 23.5 Å². The van der Waals surface area contributed by atoms with Crippen molar-refractivity contribution in [3.8, 4) is 0 Å². The lowest BCUT2D eigenvalue weighted by Crippen LogP contribution is -2.62. The van der Waals surface area contributed by atoms with Crippen LogP contribution in [0.3, 0.4) is 0 Å². The van der Waals surface area contributed by atoms with Crippen LogP contribution in [0.4, 0.5) is 0 Å². The second-order valence-corrected chi connectivity index (χ2v) is 16.9. The van der Waals surface area contributed by atoms with Crippen molar-refractivity contribution >= 4 is 29.5 Å². The molecule has 0 aliphatic carbocycles. The summed E-state index contributed by atoms with van der Waals surface area (Å²) in [5.74, 6) is -2.29. The van der Waals surface area contributed by atoms with Gasteiger partial charge in [0.2, 0.25) is 29.5 Å². The number of benzene rings is 1. The third-order valence-corrected chi connectivity index (χ3v) is 11.0. The van der Waals surface area contributed by atoms with Crippen LogP contribution >= 0.6 is 0 Å². The Morgan fingerprint density at radius 2 is 1.55 bits per heavy atom. The van der Waals surface area contributed by atoms with Gasteiger partial charge in [0.15, 0.2) is 0 Å². The molecule has 318 valence electrons. The van der Waals surface area contributed by atoms with Gasteiger partial charge in [-0.2, -0.15) is 0 Å². The molecule has 6 N–H and O–H groups in total. The summed E-state index contributed by atoms with van der Waals surface area (Å²) in [5, 5.41) is 11.8. The summed E-state index contributed by atoms with van der Waals surface area (Å²) in [4.78, 5) is 72.2. The van der Waals surface area contributed by atoms with Gasteiger partial charge in [-0.3, -0.25) is 24.0 Å². The van der Waals surface area contributed by atoms with Crippen LogP contribution in [0, 0.1) is 17.8 Å². The number of likely N-dealkylation sites (tertiary alicyclic amines) is 1. The standard InChI is InChI=1S/C42H73N7O7/c1-14-26(4)36(48(11)41(54)35(28(6)43)46-40(53)34(44-10)25(2)3)32(55-12)24-33(50)49-22-18-21-31(49)37(56-13)27(5)38(51)45-30(39(52)47-42(7,8)9)23-29-19-16-15-17-20-29/h15-17,19-20,25-28,30-32,34-37,44H,14,18,21-24,43H2,1-13H3,(H,45,51)(H,46,53)(H,47,52)/t26-,27+,28-,30-,31-,32+,34?,35-,36-,37+/m0/s1. The Morgan fingerprint density at radius 1 is 0.929 bits per heavy atom. The van der Waals surface area contributed by atoms with E-state index in [4.69, 9.17) is 15.2 Å². The van der Waals surface area contributed by atoms with E-state index in [0.29, 0.717) is 25.8 Å². The molecule has 1 heterocycles. The van der Waals surface area contributed by atoms with Crippen molar-refractivity contribution in [1.82, 2.24) is 31.1 Å². The fraction of sp³-hybridized carbons (Fsp3) is 0.738. The molecular formula is C42H73N7O7. The van der Waals surface area contributed by atoms with E-state index in [1.807, 2.05) is 78.8 Å². The molecule has 0 radical (unpaired) electrons. The van der Waals surface area contributed by atoms with Gasteiger partial charge < -0.3 is 46.3 Å². The molecule has 14 heteroatoms. The Balaban J connectivity index is 2.31. The maximum atomic E-state index is 14.3. The minimum Gasteiger partial charge on any atom is -0.379 e. The first-order chi connectivity index (χ1) is 26.2. The zero-order chi connectivity index (χ0) is 42.5. The molecule has 56 heavy (non-hydrogen) atoms. The van der Waals surface area contributed by atoms with Gasteiger partial charge in [-0.25, -0.2) is 0 Å². The quantitative estimate of drug-likeness (QED) is 0.125. The normalized spacial score (nSPS) is 19.5. The van der Waals surface area contributed by atoms with Crippen molar-refractivity contribution < 1.29 is 33.4 Å². The first-order valence-electron chi connectivity index (χ1n) is 20.2. The lowest BCUT2D eigenvalue weighted by atomic mass is 9.89. The first-order valence-corrected chi connectivity index (χ1v) is 20.2. The van der Waals surface area contributed by atoms with E-state index in [1.165, 1.54) is 14.2 Å². The van der Waals surface area contributed by atoms with Gasteiger partial charge in [-0.1, -0.05) is 71.4 Å². The Kier molecular flexibility index (Phi) is 19.4. The van der Waals surface area contributed by atoms with Gasteiger partial charge >= 0.3 is 0 Å². The van der Waals surface area contributed by atoms with Gasteiger partial charge in [0, 0.05) is 45.8 Å². The molecule has 1 aromatic rings. The maximum absolute atomic E-state index is 14.3. The van der Waals surface area contributed by atoms with E-state index < -0.39 is 59.9 Å². The number of ether oxygens (including phenoxy) is 2. The molecule has 1 saturated heterocycles. The van der Waals surface area contributed by atoms with Crippen LogP contribution in [-0.4, -0.2) is 128 Å². The molecule has 5 amide bonds. The van der Waals surface area contributed by atoms with E-state index >= 15 is 0 Å². The lowest BCUT2D eigenvalue weighted by Gasteiger charge is -2.41. The zero-order valence-electron chi connectivity index (χ0n) is 36.3. The van der Waals surface area contributed by atoms with Gasteiger partial charge in [0.25, 0.3) is 0 Å². The van der Waals surface area contributed by atoms with Gasteiger partial charge in [0.05, 0.1) is 42.7 Å². The maximum Gasteiger partial charge on any atom is 0.246 e. The number of carbonyl (C=O) groups excluding carboxylic acids is 5. The highest BCUT2D eigenvalue weighted by molar-refractivity contribution is 5.91. The molecule has 1 fully saturated rings. The van der Waals surface area contributed by atoms with E-state index in [0.717, 1.165) is 12.0 Å². The number of hydrogen-bond acceptors (Lipinski definition) is 9. The average molecular weight is 788 g/mol. The van der Waals surface area contributed by atoms with Crippen molar-refractivity contribution in [2.45, 2.75) is 148 Å². The van der Waals surface area contributed by atoms with E-state index in [2.05, 4.69) is 21.3 Å². The number of hydrogen-bond donors (Lipinski definition) is 5. The highest BCUT2D eigenvalue weighted by Gasteiger charge is 2.43. The van der Waals surface area contributed by atoms with Crippen LogP contribution in [0.5, 0.6) is 0 Å². The van der Waals surface area contributed by atoms with Crippen LogP contribution in [0.2, 0.25) is 0 Å². The third kappa shape index (κ3) is 13.5. The summed E-state index contributed by atoms with van der Waals surface area (Å²) < 4.78 is 12.0. The monoisotopic (exact) mass is 788 g/mol. The first kappa shape index (κ1) is 48.6. The van der Waals surface area contributed by atoms with Crippen molar-refractivity contribution in [1.29, 1.82) is 0 Å². The summed E-state index contributed by atoms with van der Waals surface area (Å²) in [6.45, 7) is 17.4. The molecule has 1 unspecified atom stereocenters. The molecule has 2 rings (SSSR count). The number of likely N-dealkylation sites (N-methyl/N-ethyl adjacent to an activating group) is 2. The van der Waals surface area contributed by atoms with Crippen molar-refractivity contribution in [2.75, 3.05) is 34.9 Å². The molecule has 1 aliphatic rings. The number of carbonyl (C=O) groups is 5. The van der Waals surface area contributed by atoms with E-state index in [9.17, 15) is 24.0 Å². The highest BCUT2D eigenvalue weighted by Crippen LogP contribution is 2.29. The second-order valence-electron chi connectivity index (χ2n) is 16.9. The Labute approximate surface area is 336 Å². The number of amides is 5. The van der Waals surface area contributed by atoms with Crippen LogP contribution in [0.1, 0.15) is 93.6 Å². The molecule has 0 aromatic heterocycles. The zero-order valence-corrected chi connectivity index (χ0v) is 36.3. The lowest BCUT2D eigenvalue weighted by molar-refractivity contribution is -0.147. The molecule has 0 saturated carbocycles. The second kappa shape index (κ2) is 22.4. The predicted octanol–water partition coefficient (Wildman–Crippen LogP) is 2.62. The summed E-state index contributed by atoms with van der Waals surface area (Å²) in [6, 6.07) is 5.60. The molecule has 1 aliphatic heterocycles. The third-order valence-electron chi connectivity index (χ3n) is 11.0. The largest absolute Gasteiger partial charge is 0.379 e. The summed E-state index contributed by atoms with van der Waals surface area (Å²) in [7, 11) is 6.44. The van der Waals surface area contributed by atoms with Crippen LogP contribution in [0.15, 0.2) is 30.3 Å². The van der Waals surface area contributed by atoms with Crippen molar-refractivity contribution in [3.63, 3.8) is 0 Å². The van der Waals surface area contributed by atoms with E-state index in [1.54, 1.807) is 37.7 Å². The summed E-state index contributed by atoms with van der Waals surface area (Å²) in [5.41, 5.74) is 6.70. The minimum atomic E-state index is -0.994. The molecule has 0 bridgehead atoms. The van der Waals surface area contributed by atoms with Crippen LogP contribution in [0.25, 0.3) is 0 Å². The van der Waals surface area contributed by atoms with E-state index in [-0.39, 0.29) is 47.8 Å². The van der Waals surface area contributed by atoms with Gasteiger partial charge in [-0.05, 0) is 65.0 Å². The smallest absolute Gasteiger partial charge is 0.246 e. The number of methoxy groups -OCH3 is 2. The molecule has 0 spiro atoms. The minimum absolute atomic E-state index is 0.0145. The number of nitrogens with two attached hydrogens (primary N) is 1. The highest BCUT2D eigenvalue weighted by atomic mass is 16.5. The van der Waals surface area contributed by atoms with Crippen LogP contribution in [-0.2, 0) is 39.9 Å². The summed E-state index contributed by atoms with van der Waals surface area (Å²) >= 11 is 0. The topological polar surface area (TPSA) is 184 Å². The number of nitrogens with zero attached hydrogens (tertiary/aromatic N) is 2. The molecule has 1 aromatic carbocycles. The SMILES string of the molecule is CC[C@H](C)[C@@H]([C@@H](CC(=O)N1CCC[C@H]1[C@H](OC)[C@@H](C)C(=O)N[C@@H](Cc1ccccc1)C(=O)NC(C)(C)C)OC)N(C)C(=O)[C@@H](NC(=O)C(NC)C(C)C)[C@H](C)N. The molecule has 14 nitrogen and oxygen atoms in total. The van der Waals surface area contributed by atoms with Gasteiger partial charge in [0.1, 0.15) is 12.1 Å². The molecular weight excluding hydrogens is 715 g/mol. The number of rotatable bonds is 21. The molecule has 10 atom stereocenters. The van der Waals surface area contributed by atoms with Gasteiger partial charge in [-0.15, -0.1) is 0 Å². The Morgan fingerprint density at radius 3 is 2.05 bits per heavy atom. The number of nitrogens with one attached hydrogen (secondary N) is 4. The fourth-order valence-electron chi connectivity index (χ4n) is 7.77. The average Bonchev–Trinajstić information content (AvgIpc) is 3.62. The predicted molar refractivity (Wildman–Crippen MR) is 219 cm³/mol. The summed E-state index contributed by atoms with van der Waals surface area (Å²) in [6.07, 6.45) is 1.01.